The molecule has 0 aromatic carbocycles. The maximum absolute atomic E-state index is 10.4. The Kier molecular flexibility index (Phi) is 7.95. The summed E-state index contributed by atoms with van der Waals surface area (Å²) in [6.07, 6.45) is 15.2. The number of rotatable bonds is 4. The molecule has 0 bridgehead atoms. The molecule has 2 heteroatoms. The van der Waals surface area contributed by atoms with E-state index in [1.807, 2.05) is 13.8 Å². The first-order valence-corrected chi connectivity index (χ1v) is 13.9. The fourth-order valence-corrected chi connectivity index (χ4v) is 8.81. The minimum atomic E-state index is -0.167. The van der Waals surface area contributed by atoms with E-state index in [-0.39, 0.29) is 17.6 Å². The lowest BCUT2D eigenvalue weighted by atomic mass is 9.44. The molecule has 182 valence electrons. The lowest BCUT2D eigenvalue weighted by molar-refractivity contribution is -0.127. The second kappa shape index (κ2) is 9.65. The zero-order chi connectivity index (χ0) is 23.0. The molecule has 4 saturated carbocycles. The summed E-state index contributed by atoms with van der Waals surface area (Å²) in [5, 5.41) is 20.7. The fraction of sp³-hybridized carbons (Fsp3) is 1.00. The first kappa shape index (κ1) is 25.5. The minimum absolute atomic E-state index is 0.0157. The van der Waals surface area contributed by atoms with Gasteiger partial charge in [0.2, 0.25) is 0 Å². The molecule has 0 heterocycles. The van der Waals surface area contributed by atoms with Gasteiger partial charge in [-0.2, -0.15) is 0 Å². The molecule has 0 amide bonds. The van der Waals surface area contributed by atoms with Crippen LogP contribution in [-0.2, 0) is 0 Å². The van der Waals surface area contributed by atoms with Gasteiger partial charge in [0.15, 0.2) is 0 Å². The van der Waals surface area contributed by atoms with Crippen molar-refractivity contribution in [1.82, 2.24) is 0 Å². The summed E-state index contributed by atoms with van der Waals surface area (Å²) in [5.41, 5.74) is 1.06. The van der Waals surface area contributed by atoms with Crippen LogP contribution in [0.3, 0.4) is 0 Å². The van der Waals surface area contributed by atoms with Gasteiger partial charge in [0.1, 0.15) is 0 Å². The lowest BCUT2D eigenvalue weighted by Crippen LogP contribution is -2.53. The maximum Gasteiger partial charge on any atom is 0.0588 e. The molecule has 0 saturated heterocycles. The average Bonchev–Trinajstić information content (AvgIpc) is 3.06. The molecule has 4 fully saturated rings. The van der Waals surface area contributed by atoms with Crippen molar-refractivity contribution in [3.63, 3.8) is 0 Å². The Balaban J connectivity index is 0.00000132. The first-order valence-electron chi connectivity index (χ1n) is 13.9. The van der Waals surface area contributed by atoms with Crippen molar-refractivity contribution in [3.8, 4) is 0 Å². The fourth-order valence-electron chi connectivity index (χ4n) is 8.81. The van der Waals surface area contributed by atoms with Crippen LogP contribution in [0.5, 0.6) is 0 Å². The predicted molar refractivity (Wildman–Crippen MR) is 132 cm³/mol. The van der Waals surface area contributed by atoms with Gasteiger partial charge in [0, 0.05) is 0 Å². The monoisotopic (exact) mass is 434 g/mol. The third-order valence-corrected chi connectivity index (χ3v) is 10.9. The largest absolute Gasteiger partial charge is 0.393 e. The van der Waals surface area contributed by atoms with Crippen molar-refractivity contribution in [3.05, 3.63) is 0 Å². The van der Waals surface area contributed by atoms with Gasteiger partial charge >= 0.3 is 0 Å². The summed E-state index contributed by atoms with van der Waals surface area (Å²) < 4.78 is 0. The van der Waals surface area contributed by atoms with E-state index in [1.54, 1.807) is 0 Å². The maximum atomic E-state index is 10.4. The summed E-state index contributed by atoms with van der Waals surface area (Å²) >= 11 is 0. The summed E-state index contributed by atoms with van der Waals surface area (Å²) in [6.45, 7) is 15.7. The zero-order valence-corrected chi connectivity index (χ0v) is 21.9. The molecule has 4 rings (SSSR count). The van der Waals surface area contributed by atoms with Crippen LogP contribution in [0.1, 0.15) is 126 Å². The van der Waals surface area contributed by atoms with Crippen LogP contribution in [0.4, 0.5) is 0 Å². The van der Waals surface area contributed by atoms with Crippen LogP contribution in [-0.4, -0.2) is 22.4 Å². The van der Waals surface area contributed by atoms with Gasteiger partial charge in [0.25, 0.3) is 0 Å². The van der Waals surface area contributed by atoms with Crippen molar-refractivity contribution in [2.24, 2.45) is 45.8 Å². The second-order valence-corrected chi connectivity index (χ2v) is 13.2. The van der Waals surface area contributed by atoms with Crippen molar-refractivity contribution in [1.29, 1.82) is 0 Å². The Bertz CT molecular complexity index is 580. The van der Waals surface area contributed by atoms with Gasteiger partial charge < -0.3 is 10.2 Å². The standard InChI is InChI=1S/C27H48O2.C2H6/c1-25(2,3)24(29)8-6-7-18-10-12-22-21-11-9-19-17-20(28)13-15-27(19,5)23(21)14-16-26(18,22)4;1-2/h18-24,28-29H,6-17H2,1-5H3;1-2H3. The van der Waals surface area contributed by atoms with Crippen LogP contribution >= 0.6 is 0 Å². The van der Waals surface area contributed by atoms with E-state index in [0.29, 0.717) is 10.8 Å². The number of hydrogen-bond donors (Lipinski definition) is 2. The molecule has 2 N–H and O–H groups in total. The van der Waals surface area contributed by atoms with Crippen LogP contribution in [0.25, 0.3) is 0 Å². The first-order chi connectivity index (χ1) is 14.6. The number of aliphatic hydroxyl groups excluding tert-OH is 2. The van der Waals surface area contributed by atoms with E-state index in [4.69, 9.17) is 0 Å². The molecule has 0 aromatic rings. The zero-order valence-electron chi connectivity index (χ0n) is 21.9. The second-order valence-electron chi connectivity index (χ2n) is 13.2. The normalized spacial score (nSPS) is 45.6. The Hall–Kier alpha value is -0.0800. The van der Waals surface area contributed by atoms with E-state index < -0.39 is 0 Å². The molecule has 2 nitrogen and oxygen atoms in total. The van der Waals surface area contributed by atoms with Crippen LogP contribution < -0.4 is 0 Å². The minimum Gasteiger partial charge on any atom is -0.393 e. The van der Waals surface area contributed by atoms with Gasteiger partial charge in [-0.15, -0.1) is 0 Å². The molecule has 0 aromatic heterocycles. The highest BCUT2D eigenvalue weighted by molar-refractivity contribution is 5.09. The number of hydrogen-bond acceptors (Lipinski definition) is 2. The third kappa shape index (κ3) is 4.77. The third-order valence-electron chi connectivity index (χ3n) is 10.9. The molecular weight excluding hydrogens is 380 g/mol. The van der Waals surface area contributed by atoms with Gasteiger partial charge in [-0.1, -0.05) is 54.9 Å². The number of fused-ring (bicyclic) bond motifs is 5. The van der Waals surface area contributed by atoms with E-state index in [1.165, 1.54) is 57.8 Å². The van der Waals surface area contributed by atoms with Crippen LogP contribution in [0.2, 0.25) is 0 Å². The van der Waals surface area contributed by atoms with E-state index in [9.17, 15) is 10.2 Å². The molecular formula is C29H54O2. The topological polar surface area (TPSA) is 40.5 Å². The van der Waals surface area contributed by atoms with Gasteiger partial charge in [-0.25, -0.2) is 0 Å². The molecule has 0 aliphatic heterocycles. The highest BCUT2D eigenvalue weighted by Crippen LogP contribution is 2.67. The molecule has 4 aliphatic rings. The SMILES string of the molecule is CC.CC(C)(C)C(O)CCCC1CCC2C3CCC4CC(O)CCC4(C)C3CCC12C. The molecule has 31 heavy (non-hydrogen) atoms. The van der Waals surface area contributed by atoms with Gasteiger partial charge in [-0.3, -0.25) is 0 Å². The van der Waals surface area contributed by atoms with Crippen molar-refractivity contribution in [2.45, 2.75) is 138 Å². The summed E-state index contributed by atoms with van der Waals surface area (Å²) in [5.74, 6) is 4.43. The quantitative estimate of drug-likeness (QED) is 0.478. The lowest BCUT2D eigenvalue weighted by Gasteiger charge is -2.61. The Morgan fingerprint density at radius 1 is 0.871 bits per heavy atom. The summed E-state index contributed by atoms with van der Waals surface area (Å²) in [4.78, 5) is 0. The van der Waals surface area contributed by atoms with Crippen LogP contribution in [0, 0.1) is 45.8 Å². The van der Waals surface area contributed by atoms with E-state index >= 15 is 0 Å². The smallest absolute Gasteiger partial charge is 0.0588 e. The molecule has 0 spiro atoms. The summed E-state index contributed by atoms with van der Waals surface area (Å²) in [7, 11) is 0. The predicted octanol–water partition coefficient (Wildman–Crippen LogP) is 7.61. The van der Waals surface area contributed by atoms with Crippen molar-refractivity contribution in [2.75, 3.05) is 0 Å². The van der Waals surface area contributed by atoms with Crippen LogP contribution in [0.15, 0.2) is 0 Å². The molecule has 4 aliphatic carbocycles. The summed E-state index contributed by atoms with van der Waals surface area (Å²) in [6, 6.07) is 0. The average molecular weight is 435 g/mol. The number of aliphatic hydroxyl groups is 2. The van der Waals surface area contributed by atoms with Crippen molar-refractivity contribution < 1.29 is 10.2 Å². The Labute approximate surface area is 194 Å². The molecule has 9 atom stereocenters. The van der Waals surface area contributed by atoms with Crippen molar-refractivity contribution >= 4 is 0 Å². The van der Waals surface area contributed by atoms with Gasteiger partial charge in [0.05, 0.1) is 12.2 Å². The molecule has 9 unspecified atom stereocenters. The van der Waals surface area contributed by atoms with Gasteiger partial charge in [-0.05, 0) is 116 Å². The molecule has 0 radical (unpaired) electrons. The van der Waals surface area contributed by atoms with E-state index in [2.05, 4.69) is 34.6 Å². The Morgan fingerprint density at radius 2 is 1.52 bits per heavy atom. The highest BCUT2D eigenvalue weighted by Gasteiger charge is 2.59. The Morgan fingerprint density at radius 3 is 2.19 bits per heavy atom. The highest BCUT2D eigenvalue weighted by atomic mass is 16.3. The van der Waals surface area contributed by atoms with E-state index in [0.717, 1.165) is 48.9 Å².